The Labute approximate surface area is 279 Å². The van der Waals surface area contributed by atoms with E-state index >= 15 is 0 Å². The number of nitrogens with zero attached hydrogens (tertiary/aromatic N) is 4. The van der Waals surface area contributed by atoms with Gasteiger partial charge in [-0.25, -0.2) is 0 Å². The minimum absolute atomic E-state index is 1.21. The van der Waals surface area contributed by atoms with E-state index in [-0.39, 0.29) is 0 Å². The summed E-state index contributed by atoms with van der Waals surface area (Å²) in [6.45, 7) is 0. The van der Waals surface area contributed by atoms with Gasteiger partial charge in [-0.1, -0.05) is 0 Å². The summed E-state index contributed by atoms with van der Waals surface area (Å²) < 4.78 is 1.48. The molecule has 4 aliphatic heterocycles. The molecule has 2 aromatic carbocycles. The molecule has 0 atom stereocenters. The van der Waals surface area contributed by atoms with E-state index in [4.69, 9.17) is 22.2 Å². The normalized spacial score (nSPS) is 24.2. The maximum atomic E-state index is 7.79. The van der Waals surface area contributed by atoms with Crippen LogP contribution in [0.5, 0.6) is 0 Å². The molecule has 0 amide bonds. The van der Waals surface area contributed by atoms with Crippen LogP contribution in [0.15, 0.2) is 178 Å². The predicted molar refractivity (Wildman–Crippen MR) is 187 cm³/mol. The van der Waals surface area contributed by atoms with Crippen molar-refractivity contribution in [2.24, 2.45) is 0 Å². The van der Waals surface area contributed by atoms with E-state index < -0.39 is 9.12 Å². The Morgan fingerprint density at radius 2 is 0.591 bits per heavy atom. The fourth-order valence-electron chi connectivity index (χ4n) is 7.41. The van der Waals surface area contributed by atoms with E-state index in [1.54, 1.807) is 0 Å². The SMILES string of the molecule is Cl[Si-2]12(c3ccccc3)(Sc3cccc[n+]31)Sc1cccc[n+]12.Cl[Si-2]12(c3ccccc3)(Sc3cccc[n+]31)Sc1cccc[n+]12. The molecule has 0 N–H and O–H groups in total. The third-order valence-electron chi connectivity index (χ3n) is 9.42. The fraction of sp³-hybridized carbons (Fsp3) is 0. The molecule has 220 valence electrons. The van der Waals surface area contributed by atoms with Gasteiger partial charge in [-0.3, -0.25) is 0 Å². The summed E-state index contributed by atoms with van der Waals surface area (Å²) in [5.74, 6) is 0. The summed E-state index contributed by atoms with van der Waals surface area (Å²) in [5, 5.41) is 7.31. The topological polar surface area (TPSA) is 15.5 Å². The Morgan fingerprint density at radius 3 is 0.841 bits per heavy atom. The average Bonchev–Trinajstić information content (AvgIpc) is 3.05. The number of pyridine rings is 4. The summed E-state index contributed by atoms with van der Waals surface area (Å²) in [6, 6.07) is 46.2. The summed E-state index contributed by atoms with van der Waals surface area (Å²) in [4.78, 5) is 0. The molecule has 4 aliphatic rings. The van der Waals surface area contributed by atoms with E-state index in [1.807, 2.05) is 57.0 Å². The zero-order valence-electron chi connectivity index (χ0n) is 23.2. The predicted octanol–water partition coefficient (Wildman–Crippen LogP) is 5.71. The summed E-state index contributed by atoms with van der Waals surface area (Å²) in [6.07, 6.45) is 8.52. The zero-order valence-corrected chi connectivity index (χ0v) is 30.0. The van der Waals surface area contributed by atoms with Gasteiger partial charge in [-0.2, -0.15) is 0 Å². The summed E-state index contributed by atoms with van der Waals surface area (Å²) in [7, 11) is 0. The van der Waals surface area contributed by atoms with Crippen LogP contribution in [0.25, 0.3) is 0 Å². The molecule has 12 heteroatoms. The molecule has 10 rings (SSSR count). The number of fused-ring (bicyclic) bond motifs is 8. The molecule has 0 radical (unpaired) electrons. The Balaban J connectivity index is 0.000000123. The van der Waals surface area contributed by atoms with Gasteiger partial charge in [0.25, 0.3) is 0 Å². The van der Waals surface area contributed by atoms with Gasteiger partial charge < -0.3 is 0 Å². The quantitative estimate of drug-likeness (QED) is 0.168. The number of hydrogen-bond donors (Lipinski definition) is 0. The van der Waals surface area contributed by atoms with Crippen LogP contribution in [0, 0.1) is 0 Å². The van der Waals surface area contributed by atoms with E-state index in [1.165, 1.54) is 30.5 Å². The Kier molecular flexibility index (Phi) is 5.19. The number of rotatable bonds is 2. The number of halogens is 2. The van der Waals surface area contributed by atoms with Gasteiger partial charge in [0.15, 0.2) is 0 Å². The van der Waals surface area contributed by atoms with E-state index in [9.17, 15) is 0 Å². The molecule has 2 spiro atoms. The monoisotopic (exact) mass is 720 g/mol. The molecule has 0 fully saturated rings. The second-order valence-electron chi connectivity index (χ2n) is 11.6. The third-order valence-corrected chi connectivity index (χ3v) is 47.5. The van der Waals surface area contributed by atoms with Crippen molar-refractivity contribution in [3.8, 4) is 0 Å². The molecule has 0 bridgehead atoms. The van der Waals surface area contributed by atoms with Crippen molar-refractivity contribution >= 4 is 86.5 Å². The first-order chi connectivity index (χ1) is 21.3. The van der Waals surface area contributed by atoms with Crippen molar-refractivity contribution in [2.45, 2.75) is 20.1 Å². The van der Waals surface area contributed by atoms with E-state index in [2.05, 4.69) is 163 Å². The van der Waals surface area contributed by atoms with Gasteiger partial charge in [0.05, 0.1) is 0 Å². The third kappa shape index (κ3) is 2.76. The minimum atomic E-state index is -3.92. The van der Waals surface area contributed by atoms with Crippen LogP contribution in [0.1, 0.15) is 0 Å². The molecular formula is C32H26Cl2N4S4Si2. The van der Waals surface area contributed by atoms with Crippen molar-refractivity contribution < 1.29 is 16.9 Å². The molecule has 0 saturated heterocycles. The van der Waals surface area contributed by atoms with E-state index in [0.29, 0.717) is 0 Å². The molecule has 0 saturated carbocycles. The van der Waals surface area contributed by atoms with Crippen LogP contribution < -0.4 is 27.3 Å². The Morgan fingerprint density at radius 1 is 0.341 bits per heavy atom. The molecule has 6 aromatic rings. The van der Waals surface area contributed by atoms with Crippen molar-refractivity contribution in [3.63, 3.8) is 0 Å². The Bertz CT molecular complexity index is 1970. The second-order valence-corrected chi connectivity index (χ2v) is 46.6. The average molecular weight is 722 g/mol. The number of benzene rings is 2. The van der Waals surface area contributed by atoms with Gasteiger partial charge in [0, 0.05) is 0 Å². The molecule has 44 heavy (non-hydrogen) atoms. The van der Waals surface area contributed by atoms with Crippen molar-refractivity contribution in [2.75, 3.05) is 0 Å². The van der Waals surface area contributed by atoms with Crippen LogP contribution in [0.2, 0.25) is 0 Å². The molecular weight excluding hydrogens is 696 g/mol. The van der Waals surface area contributed by atoms with Crippen LogP contribution >= 0.6 is 67.0 Å². The first kappa shape index (κ1) is 27.7. The number of hydrogen-bond acceptors (Lipinski definition) is 4. The van der Waals surface area contributed by atoms with Crippen molar-refractivity contribution in [1.29, 1.82) is 0 Å². The second kappa shape index (κ2) is 8.23. The van der Waals surface area contributed by atoms with Gasteiger partial charge >= 0.3 is 282 Å². The molecule has 8 heterocycles. The number of aromatic nitrogens is 4. The van der Waals surface area contributed by atoms with Gasteiger partial charge in [-0.05, 0) is 0 Å². The first-order valence-electron chi connectivity index (χ1n) is 14.3. The van der Waals surface area contributed by atoms with Crippen LogP contribution in [-0.4, -0.2) is 9.12 Å². The van der Waals surface area contributed by atoms with Gasteiger partial charge in [0.1, 0.15) is 0 Å². The van der Waals surface area contributed by atoms with Crippen LogP contribution in [0.3, 0.4) is 0 Å². The molecule has 0 unspecified atom stereocenters. The van der Waals surface area contributed by atoms with E-state index in [0.717, 1.165) is 0 Å². The van der Waals surface area contributed by atoms with Crippen LogP contribution in [0.4, 0.5) is 0 Å². The first-order valence-corrected chi connectivity index (χ1v) is 28.3. The van der Waals surface area contributed by atoms with Gasteiger partial charge in [-0.15, -0.1) is 0 Å². The van der Waals surface area contributed by atoms with Gasteiger partial charge in [0.2, 0.25) is 0 Å². The maximum absolute atomic E-state index is 7.79. The molecule has 4 aromatic heterocycles. The summed E-state index contributed by atoms with van der Waals surface area (Å²) in [5.41, 5.74) is 0. The molecule has 0 aliphatic carbocycles. The summed E-state index contributed by atoms with van der Waals surface area (Å²) >= 11 is 22.9. The standard InChI is InChI=1S/2C16H13ClN2S2Si/c2*17-22(14-8-2-1-3-9-14,18-12-6-4-10-15(18)20-22)19-13-7-5-11-16(19)21-22/h2*1-13H. The van der Waals surface area contributed by atoms with Crippen molar-refractivity contribution in [3.05, 3.63) is 158 Å². The fourth-order valence-corrected chi connectivity index (χ4v) is 47.2. The Hall–Kier alpha value is -2.55. The van der Waals surface area contributed by atoms with Crippen molar-refractivity contribution in [1.82, 2.24) is 0 Å². The zero-order chi connectivity index (χ0) is 29.8. The van der Waals surface area contributed by atoms with Crippen LogP contribution in [-0.2, 0) is 0 Å². The molecule has 4 nitrogen and oxygen atoms in total.